The second-order valence-electron chi connectivity index (χ2n) is 9.53. The van der Waals surface area contributed by atoms with Crippen molar-refractivity contribution >= 4 is 29.1 Å². The number of hydrogen-bond donors (Lipinski definition) is 0. The Morgan fingerprint density at radius 2 is 1.76 bits per heavy atom. The highest BCUT2D eigenvalue weighted by atomic mass is 32.1. The molecule has 2 aromatic rings. The van der Waals surface area contributed by atoms with Gasteiger partial charge in [-0.2, -0.15) is 0 Å². The predicted octanol–water partition coefficient (Wildman–Crippen LogP) is 4.77. The van der Waals surface area contributed by atoms with Crippen molar-refractivity contribution in [2.75, 3.05) is 19.7 Å². The Morgan fingerprint density at radius 1 is 1.03 bits per heavy atom. The second kappa shape index (κ2) is 9.90. The van der Waals surface area contributed by atoms with Crippen LogP contribution in [0, 0.1) is 5.92 Å². The van der Waals surface area contributed by atoms with Crippen LogP contribution in [0.15, 0.2) is 41.8 Å². The molecule has 2 atom stereocenters. The minimum atomic E-state index is -0.438. The van der Waals surface area contributed by atoms with Gasteiger partial charge >= 0.3 is 5.97 Å². The monoisotopic (exact) mass is 480 g/mol. The Balaban J connectivity index is 1.50. The molecule has 3 heterocycles. The highest BCUT2D eigenvalue weighted by molar-refractivity contribution is 7.10. The molecular weight excluding hydrogens is 448 g/mol. The number of carbonyl (C=O) groups excluding carboxylic acids is 3. The van der Waals surface area contributed by atoms with E-state index in [-0.39, 0.29) is 35.8 Å². The molecule has 34 heavy (non-hydrogen) atoms. The largest absolute Gasteiger partial charge is 0.466 e. The van der Waals surface area contributed by atoms with Gasteiger partial charge in [0.15, 0.2) is 0 Å². The number of piperidine rings is 1. The summed E-state index contributed by atoms with van der Waals surface area (Å²) in [5.74, 6) is -0.638. The lowest BCUT2D eigenvalue weighted by Crippen LogP contribution is -2.52. The normalized spacial score (nSPS) is 23.7. The number of amides is 2. The van der Waals surface area contributed by atoms with Crippen molar-refractivity contribution in [1.82, 2.24) is 9.80 Å². The maximum Gasteiger partial charge on any atom is 0.309 e. The van der Waals surface area contributed by atoms with Crippen LogP contribution in [0.1, 0.15) is 78.2 Å². The van der Waals surface area contributed by atoms with E-state index in [4.69, 9.17) is 4.74 Å². The van der Waals surface area contributed by atoms with Crippen LogP contribution in [0.4, 0.5) is 0 Å². The zero-order valence-electron chi connectivity index (χ0n) is 19.7. The SMILES string of the molecule is CCOC(=O)C1CCN(C(=O)[C@H]2c3ccccc3C(=O)N(C3CCCC3)[C@@H]2c2cccs2)CC1. The van der Waals surface area contributed by atoms with Gasteiger partial charge in [-0.25, -0.2) is 0 Å². The van der Waals surface area contributed by atoms with Gasteiger partial charge in [0.2, 0.25) is 5.91 Å². The lowest BCUT2D eigenvalue weighted by molar-refractivity contribution is -0.151. The number of thiophene rings is 1. The zero-order valence-corrected chi connectivity index (χ0v) is 20.5. The molecule has 1 saturated heterocycles. The molecule has 2 amide bonds. The molecule has 2 aliphatic heterocycles. The number of likely N-dealkylation sites (tertiary alicyclic amines) is 1. The third kappa shape index (κ3) is 4.15. The number of rotatable bonds is 5. The number of nitrogens with zero attached hydrogens (tertiary/aromatic N) is 2. The topological polar surface area (TPSA) is 66.9 Å². The summed E-state index contributed by atoms with van der Waals surface area (Å²) in [7, 11) is 0. The van der Waals surface area contributed by atoms with Crippen molar-refractivity contribution in [1.29, 1.82) is 0 Å². The molecule has 2 fully saturated rings. The summed E-state index contributed by atoms with van der Waals surface area (Å²) in [6.45, 7) is 3.27. The average molecular weight is 481 g/mol. The number of esters is 1. The number of carbonyl (C=O) groups is 3. The highest BCUT2D eigenvalue weighted by Crippen LogP contribution is 2.48. The smallest absolute Gasteiger partial charge is 0.309 e. The van der Waals surface area contributed by atoms with E-state index in [0.29, 0.717) is 38.1 Å². The molecule has 3 aliphatic rings. The summed E-state index contributed by atoms with van der Waals surface area (Å²) in [4.78, 5) is 45.2. The second-order valence-corrected chi connectivity index (χ2v) is 10.5. The van der Waals surface area contributed by atoms with E-state index in [1.807, 2.05) is 52.4 Å². The maximum absolute atomic E-state index is 14.2. The Labute approximate surface area is 204 Å². The van der Waals surface area contributed by atoms with E-state index < -0.39 is 5.92 Å². The van der Waals surface area contributed by atoms with Crippen LogP contribution in [-0.4, -0.2) is 53.3 Å². The van der Waals surface area contributed by atoms with Crippen LogP contribution >= 0.6 is 11.3 Å². The molecule has 180 valence electrons. The third-order valence-electron chi connectivity index (χ3n) is 7.62. The van der Waals surface area contributed by atoms with Crippen LogP contribution < -0.4 is 0 Å². The van der Waals surface area contributed by atoms with Gasteiger partial charge in [0.1, 0.15) is 0 Å². The van der Waals surface area contributed by atoms with E-state index in [9.17, 15) is 14.4 Å². The summed E-state index contributed by atoms with van der Waals surface area (Å²) in [6.07, 6.45) is 5.45. The third-order valence-corrected chi connectivity index (χ3v) is 8.56. The first-order valence-electron chi connectivity index (χ1n) is 12.5. The lowest BCUT2D eigenvalue weighted by atomic mass is 9.79. The van der Waals surface area contributed by atoms with E-state index in [0.717, 1.165) is 36.1 Å². The van der Waals surface area contributed by atoms with Gasteiger partial charge in [-0.05, 0) is 55.7 Å². The van der Waals surface area contributed by atoms with Gasteiger partial charge in [0, 0.05) is 29.6 Å². The molecule has 6 nitrogen and oxygen atoms in total. The summed E-state index contributed by atoms with van der Waals surface area (Å²) < 4.78 is 5.20. The molecule has 0 unspecified atom stereocenters. The molecular formula is C27H32N2O4S. The first-order chi connectivity index (χ1) is 16.6. The fourth-order valence-corrected chi connectivity index (χ4v) is 6.82. The van der Waals surface area contributed by atoms with Crippen molar-refractivity contribution in [2.24, 2.45) is 5.92 Å². The molecule has 0 radical (unpaired) electrons. The van der Waals surface area contributed by atoms with Gasteiger partial charge in [0.05, 0.1) is 24.5 Å². The molecule has 1 aliphatic carbocycles. The van der Waals surface area contributed by atoms with Crippen molar-refractivity contribution in [2.45, 2.75) is 63.5 Å². The fourth-order valence-electron chi connectivity index (χ4n) is 5.96. The first kappa shape index (κ1) is 23.1. The minimum Gasteiger partial charge on any atom is -0.466 e. The Kier molecular flexibility index (Phi) is 6.73. The van der Waals surface area contributed by atoms with Crippen molar-refractivity contribution in [3.8, 4) is 0 Å². The van der Waals surface area contributed by atoms with E-state index in [1.165, 1.54) is 0 Å². The Morgan fingerprint density at radius 3 is 2.44 bits per heavy atom. The Bertz CT molecular complexity index is 1040. The quantitative estimate of drug-likeness (QED) is 0.578. The van der Waals surface area contributed by atoms with Crippen LogP contribution in [-0.2, 0) is 14.3 Å². The molecule has 1 saturated carbocycles. The van der Waals surface area contributed by atoms with Crippen LogP contribution in [0.2, 0.25) is 0 Å². The fraction of sp³-hybridized carbons (Fsp3) is 0.519. The van der Waals surface area contributed by atoms with Gasteiger partial charge in [-0.15, -0.1) is 11.3 Å². The van der Waals surface area contributed by atoms with Gasteiger partial charge in [-0.3, -0.25) is 14.4 Å². The molecule has 0 N–H and O–H groups in total. The van der Waals surface area contributed by atoms with E-state index in [2.05, 4.69) is 6.07 Å². The van der Waals surface area contributed by atoms with E-state index in [1.54, 1.807) is 11.3 Å². The van der Waals surface area contributed by atoms with E-state index >= 15 is 0 Å². The lowest BCUT2D eigenvalue weighted by Gasteiger charge is -2.46. The summed E-state index contributed by atoms with van der Waals surface area (Å²) in [5, 5.41) is 2.03. The van der Waals surface area contributed by atoms with Crippen LogP contribution in [0.5, 0.6) is 0 Å². The number of benzene rings is 1. The number of ether oxygens (including phenoxy) is 1. The molecule has 1 aromatic carbocycles. The summed E-state index contributed by atoms with van der Waals surface area (Å²) in [5.41, 5.74) is 1.49. The highest BCUT2D eigenvalue weighted by Gasteiger charge is 2.48. The Hall–Kier alpha value is -2.67. The van der Waals surface area contributed by atoms with Gasteiger partial charge < -0.3 is 14.5 Å². The van der Waals surface area contributed by atoms with Crippen molar-refractivity contribution in [3.05, 3.63) is 57.8 Å². The molecule has 7 heteroatoms. The van der Waals surface area contributed by atoms with Gasteiger partial charge in [0.25, 0.3) is 5.91 Å². The molecule has 0 bridgehead atoms. The van der Waals surface area contributed by atoms with Crippen LogP contribution in [0.25, 0.3) is 0 Å². The standard InChI is InChI=1S/C27H32N2O4S/c1-2-33-27(32)18-13-15-28(16-14-18)26(31)23-20-10-5-6-11-21(20)25(30)29(19-8-3-4-9-19)24(23)22-12-7-17-34-22/h5-7,10-12,17-19,23-24H,2-4,8-9,13-16H2,1H3/t23-,24+/m0/s1. The summed E-state index contributed by atoms with van der Waals surface area (Å²) >= 11 is 1.62. The molecule has 1 aromatic heterocycles. The summed E-state index contributed by atoms with van der Waals surface area (Å²) in [6, 6.07) is 11.6. The number of fused-ring (bicyclic) bond motifs is 1. The zero-order chi connectivity index (χ0) is 23.7. The maximum atomic E-state index is 14.2. The number of hydrogen-bond acceptors (Lipinski definition) is 5. The molecule has 0 spiro atoms. The minimum absolute atomic E-state index is 0.0472. The van der Waals surface area contributed by atoms with Crippen molar-refractivity contribution in [3.63, 3.8) is 0 Å². The van der Waals surface area contributed by atoms with Crippen LogP contribution in [0.3, 0.4) is 0 Å². The first-order valence-corrected chi connectivity index (χ1v) is 13.4. The van der Waals surface area contributed by atoms with Gasteiger partial charge in [-0.1, -0.05) is 37.1 Å². The average Bonchev–Trinajstić information content (AvgIpc) is 3.58. The van der Waals surface area contributed by atoms with Crippen molar-refractivity contribution < 1.29 is 19.1 Å². The predicted molar refractivity (Wildman–Crippen MR) is 131 cm³/mol. The molecule has 5 rings (SSSR count).